The van der Waals surface area contributed by atoms with E-state index >= 15 is 0 Å². The molecule has 1 unspecified atom stereocenters. The predicted molar refractivity (Wildman–Crippen MR) is 169 cm³/mol. The van der Waals surface area contributed by atoms with Crippen LogP contribution in [-0.4, -0.2) is 44.9 Å². The minimum Gasteiger partial charge on any atom is -0.368 e. The second-order valence-corrected chi connectivity index (χ2v) is 13.6. The highest BCUT2D eigenvalue weighted by Crippen LogP contribution is 2.33. The topological polar surface area (TPSA) is 80.3 Å². The second kappa shape index (κ2) is 16.3. The zero-order valence-corrected chi connectivity index (χ0v) is 25.9. The minimum absolute atomic E-state index is 0.0904. The van der Waals surface area contributed by atoms with Gasteiger partial charge in [-0.15, -0.1) is 0 Å². The van der Waals surface area contributed by atoms with Crippen LogP contribution >= 0.6 is 10.7 Å². The Kier molecular flexibility index (Phi) is 12.0. The molecule has 1 saturated heterocycles. The maximum absolute atomic E-state index is 12.0. The van der Waals surface area contributed by atoms with Crippen molar-refractivity contribution >= 4 is 19.7 Å². The number of ether oxygens (including phenoxy) is 5. The molecular weight excluding hydrogens is 600 g/mol. The van der Waals surface area contributed by atoms with Crippen molar-refractivity contribution in [2.24, 2.45) is 0 Å². The van der Waals surface area contributed by atoms with Gasteiger partial charge in [0.25, 0.3) is 0 Å². The van der Waals surface area contributed by atoms with Crippen molar-refractivity contribution in [1.82, 2.24) is 0 Å². The van der Waals surface area contributed by atoms with Gasteiger partial charge in [-0.3, -0.25) is 0 Å². The van der Waals surface area contributed by atoms with Crippen molar-refractivity contribution in [3.63, 3.8) is 0 Å². The van der Waals surface area contributed by atoms with Crippen molar-refractivity contribution in [2.45, 2.75) is 63.6 Å². The Labute approximate surface area is 264 Å². The van der Waals surface area contributed by atoms with Crippen LogP contribution in [0.1, 0.15) is 28.7 Å². The molecule has 0 aromatic heterocycles. The Morgan fingerprint density at radius 3 is 1.30 bits per heavy atom. The summed E-state index contributed by atoms with van der Waals surface area (Å²) >= 11 is 0. The van der Waals surface area contributed by atoms with Crippen LogP contribution in [0, 0.1) is 0 Å². The molecule has 1 heterocycles. The monoisotopic (exact) mass is 636 g/mol. The molecule has 9 heteroatoms. The molecule has 0 spiro atoms. The summed E-state index contributed by atoms with van der Waals surface area (Å²) in [6.07, 6.45) is -3.54. The average Bonchev–Trinajstić information content (AvgIpc) is 3.05. The molecule has 1 fully saturated rings. The molecule has 0 amide bonds. The highest BCUT2D eigenvalue weighted by molar-refractivity contribution is 8.13. The maximum Gasteiger partial charge on any atom is 0.232 e. The molecule has 4 aromatic carbocycles. The van der Waals surface area contributed by atoms with Crippen LogP contribution in [0.25, 0.3) is 0 Å². The third-order valence-electron chi connectivity index (χ3n) is 7.35. The number of hydrogen-bond acceptors (Lipinski definition) is 7. The van der Waals surface area contributed by atoms with Gasteiger partial charge in [-0.05, 0) is 28.7 Å². The van der Waals surface area contributed by atoms with Crippen molar-refractivity contribution in [3.8, 4) is 0 Å². The minimum atomic E-state index is -3.80. The van der Waals surface area contributed by atoms with Crippen LogP contribution in [-0.2, 0) is 59.2 Å². The Hall–Kier alpha value is -3.08. The predicted octanol–water partition coefficient (Wildman–Crippen LogP) is 6.64. The Bertz CT molecular complexity index is 1490. The molecule has 0 saturated carbocycles. The summed E-state index contributed by atoms with van der Waals surface area (Å²) in [5.41, 5.74) is 3.88. The Morgan fingerprint density at radius 1 is 0.523 bits per heavy atom. The van der Waals surface area contributed by atoms with Crippen LogP contribution < -0.4 is 0 Å². The number of hydrogen-bond donors (Lipinski definition) is 0. The normalized spacial score (nSPS) is 22.1. The molecule has 232 valence electrons. The van der Waals surface area contributed by atoms with Gasteiger partial charge in [0, 0.05) is 10.7 Å². The fourth-order valence-electron chi connectivity index (χ4n) is 5.12. The summed E-state index contributed by atoms with van der Waals surface area (Å²) in [7, 11) is 1.87. The maximum atomic E-state index is 12.0. The van der Waals surface area contributed by atoms with Crippen molar-refractivity contribution in [3.05, 3.63) is 144 Å². The van der Waals surface area contributed by atoms with Gasteiger partial charge in [0.05, 0.1) is 38.3 Å². The number of halogens is 1. The average molecular weight is 637 g/mol. The van der Waals surface area contributed by atoms with Crippen LogP contribution in [0.4, 0.5) is 0 Å². The fraction of sp³-hybridized carbons (Fsp3) is 0.314. The van der Waals surface area contributed by atoms with Crippen LogP contribution in [0.3, 0.4) is 0 Å². The van der Waals surface area contributed by atoms with Gasteiger partial charge < -0.3 is 23.7 Å². The van der Waals surface area contributed by atoms with E-state index in [4.69, 9.17) is 34.4 Å². The molecule has 0 bridgehead atoms. The lowest BCUT2D eigenvalue weighted by atomic mass is 9.96. The fourth-order valence-corrected chi connectivity index (χ4v) is 5.90. The van der Waals surface area contributed by atoms with E-state index < -0.39 is 39.8 Å². The Balaban J connectivity index is 1.47. The number of rotatable bonds is 15. The molecule has 44 heavy (non-hydrogen) atoms. The molecule has 0 radical (unpaired) electrons. The quantitative estimate of drug-likeness (QED) is 0.135. The molecule has 4 aromatic rings. The summed E-state index contributed by atoms with van der Waals surface area (Å²) < 4.78 is 56.7. The van der Waals surface area contributed by atoms with E-state index in [2.05, 4.69) is 0 Å². The zero-order chi connectivity index (χ0) is 30.6. The summed E-state index contributed by atoms with van der Waals surface area (Å²) in [4.78, 5) is 0. The lowest BCUT2D eigenvalue weighted by Gasteiger charge is -2.46. The summed E-state index contributed by atoms with van der Waals surface area (Å²) in [5, 5.41) is 0. The molecule has 0 aliphatic carbocycles. The summed E-state index contributed by atoms with van der Waals surface area (Å²) in [6.45, 7) is 1.11. The lowest BCUT2D eigenvalue weighted by Crippen LogP contribution is -2.61. The molecule has 1 aliphatic rings. The molecule has 0 N–H and O–H groups in total. The van der Waals surface area contributed by atoms with Gasteiger partial charge in [0.15, 0.2) is 6.29 Å². The third-order valence-corrected chi connectivity index (χ3v) is 8.54. The largest absolute Gasteiger partial charge is 0.368 e. The highest BCUT2D eigenvalue weighted by Gasteiger charge is 2.49. The lowest BCUT2D eigenvalue weighted by molar-refractivity contribution is -0.325. The molecule has 7 nitrogen and oxygen atoms in total. The zero-order valence-electron chi connectivity index (χ0n) is 24.3. The highest BCUT2D eigenvalue weighted by atomic mass is 35.7. The van der Waals surface area contributed by atoms with Crippen molar-refractivity contribution < 1.29 is 32.1 Å². The van der Waals surface area contributed by atoms with Crippen molar-refractivity contribution in [2.75, 3.05) is 5.75 Å². The third kappa shape index (κ3) is 9.97. The number of benzene rings is 4. The van der Waals surface area contributed by atoms with Gasteiger partial charge in [-0.25, -0.2) is 8.42 Å². The SMILES string of the molecule is O=S(=O)(Cl)CC[C@H]1OC(OCc2ccccc2)[C@@H](OCc2ccccc2)[C@@H](OCc2ccccc2)[C@@H]1OCc1ccccc1. The van der Waals surface area contributed by atoms with Gasteiger partial charge in [-0.2, -0.15) is 0 Å². The molecule has 5 rings (SSSR count). The van der Waals surface area contributed by atoms with Crippen LogP contribution in [0.5, 0.6) is 0 Å². The smallest absolute Gasteiger partial charge is 0.232 e. The van der Waals surface area contributed by atoms with Crippen LogP contribution in [0.15, 0.2) is 121 Å². The van der Waals surface area contributed by atoms with Gasteiger partial charge in [0.1, 0.15) is 18.3 Å². The van der Waals surface area contributed by atoms with Crippen LogP contribution in [0.2, 0.25) is 0 Å². The molecule has 1 aliphatic heterocycles. The first-order valence-corrected chi connectivity index (χ1v) is 17.1. The van der Waals surface area contributed by atoms with Gasteiger partial charge in [-0.1, -0.05) is 121 Å². The summed E-state index contributed by atoms with van der Waals surface area (Å²) in [6, 6.07) is 39.2. The van der Waals surface area contributed by atoms with Gasteiger partial charge >= 0.3 is 0 Å². The van der Waals surface area contributed by atoms with E-state index in [0.29, 0.717) is 0 Å². The molecular formula is C35H37ClO7S. The van der Waals surface area contributed by atoms with E-state index in [9.17, 15) is 8.42 Å². The van der Waals surface area contributed by atoms with E-state index in [-0.39, 0.29) is 38.6 Å². The first kappa shape index (κ1) is 32.3. The standard InChI is InChI=1S/C35H37ClO7S/c36-44(37,38)22-21-31-32(39-23-27-13-5-1-6-14-27)33(40-24-28-15-7-2-8-16-28)34(41-25-29-17-9-3-10-18-29)35(43-31)42-26-30-19-11-4-12-20-30/h1-20,31-35H,21-26H2/t31-,32-,33+,34+,35?/m1/s1. The Morgan fingerprint density at radius 2 is 0.886 bits per heavy atom. The van der Waals surface area contributed by atoms with E-state index in [1.807, 2.05) is 121 Å². The summed E-state index contributed by atoms with van der Waals surface area (Å²) in [5.74, 6) is -0.295. The van der Waals surface area contributed by atoms with Gasteiger partial charge in [0.2, 0.25) is 9.05 Å². The first-order valence-electron chi connectivity index (χ1n) is 14.6. The van der Waals surface area contributed by atoms with Crippen molar-refractivity contribution in [1.29, 1.82) is 0 Å². The first-order chi connectivity index (χ1) is 21.4. The van der Waals surface area contributed by atoms with E-state index in [0.717, 1.165) is 22.3 Å². The van der Waals surface area contributed by atoms with E-state index in [1.165, 1.54) is 0 Å². The second-order valence-electron chi connectivity index (χ2n) is 10.7. The molecule has 5 atom stereocenters. The van der Waals surface area contributed by atoms with E-state index in [1.54, 1.807) is 0 Å².